The second kappa shape index (κ2) is 4.74. The van der Waals surface area contributed by atoms with Gasteiger partial charge in [-0.05, 0) is 47.6 Å². The zero-order chi connectivity index (χ0) is 13.4. The standard InChI is InChI=1S/C16H14F2O/c17-13-6-10(7-14(18)9-13)5-12-8-11-3-1-2-4-15(11)16(12)19/h1-4,6-7,9,12,16,19H,5,8H2. The number of fused-ring (bicyclic) bond motifs is 1. The molecule has 0 saturated heterocycles. The quantitative estimate of drug-likeness (QED) is 0.877. The number of hydrogen-bond donors (Lipinski definition) is 1. The van der Waals surface area contributed by atoms with E-state index in [1.165, 1.54) is 12.1 Å². The highest BCUT2D eigenvalue weighted by atomic mass is 19.1. The molecule has 2 unspecified atom stereocenters. The third-order valence-electron chi connectivity index (χ3n) is 3.72. The molecule has 0 aliphatic heterocycles. The van der Waals surface area contributed by atoms with Gasteiger partial charge in [0.2, 0.25) is 0 Å². The fourth-order valence-corrected chi connectivity index (χ4v) is 2.87. The van der Waals surface area contributed by atoms with Gasteiger partial charge in [0.05, 0.1) is 6.10 Å². The van der Waals surface area contributed by atoms with E-state index < -0.39 is 17.7 Å². The van der Waals surface area contributed by atoms with Crippen molar-refractivity contribution in [2.45, 2.75) is 18.9 Å². The summed E-state index contributed by atoms with van der Waals surface area (Å²) in [5.41, 5.74) is 2.65. The third-order valence-corrected chi connectivity index (χ3v) is 3.72. The van der Waals surface area contributed by atoms with Crippen LogP contribution >= 0.6 is 0 Å². The van der Waals surface area contributed by atoms with Gasteiger partial charge in [-0.2, -0.15) is 0 Å². The lowest BCUT2D eigenvalue weighted by atomic mass is 9.94. The van der Waals surface area contributed by atoms with E-state index in [2.05, 4.69) is 0 Å². The van der Waals surface area contributed by atoms with Crippen molar-refractivity contribution >= 4 is 0 Å². The first-order valence-corrected chi connectivity index (χ1v) is 6.34. The minimum Gasteiger partial charge on any atom is -0.388 e. The van der Waals surface area contributed by atoms with Gasteiger partial charge in [0.1, 0.15) is 11.6 Å². The largest absolute Gasteiger partial charge is 0.388 e. The Balaban J connectivity index is 1.82. The number of halogens is 2. The Morgan fingerprint density at radius 3 is 2.42 bits per heavy atom. The molecule has 0 saturated carbocycles. The Morgan fingerprint density at radius 2 is 1.74 bits per heavy atom. The van der Waals surface area contributed by atoms with Crippen molar-refractivity contribution in [1.82, 2.24) is 0 Å². The molecule has 0 spiro atoms. The number of benzene rings is 2. The average Bonchev–Trinajstić information content (AvgIpc) is 2.66. The van der Waals surface area contributed by atoms with Crippen molar-refractivity contribution in [3.8, 4) is 0 Å². The zero-order valence-electron chi connectivity index (χ0n) is 10.3. The van der Waals surface area contributed by atoms with Gasteiger partial charge >= 0.3 is 0 Å². The Bertz CT molecular complexity index is 589. The first kappa shape index (κ1) is 12.3. The van der Waals surface area contributed by atoms with E-state index in [9.17, 15) is 13.9 Å². The Kier molecular flexibility index (Phi) is 3.07. The highest BCUT2D eigenvalue weighted by molar-refractivity contribution is 5.35. The molecular weight excluding hydrogens is 246 g/mol. The summed E-state index contributed by atoms with van der Waals surface area (Å²) in [6, 6.07) is 11.3. The maximum absolute atomic E-state index is 13.2. The summed E-state index contributed by atoms with van der Waals surface area (Å²) in [4.78, 5) is 0. The van der Waals surface area contributed by atoms with Gasteiger partial charge in [0.15, 0.2) is 0 Å². The molecule has 0 heterocycles. The van der Waals surface area contributed by atoms with Crippen LogP contribution < -0.4 is 0 Å². The van der Waals surface area contributed by atoms with Gasteiger partial charge in [-0.25, -0.2) is 8.78 Å². The van der Waals surface area contributed by atoms with Crippen molar-refractivity contribution in [2.24, 2.45) is 5.92 Å². The van der Waals surface area contributed by atoms with Gasteiger partial charge in [0.25, 0.3) is 0 Å². The van der Waals surface area contributed by atoms with Crippen LogP contribution in [0.25, 0.3) is 0 Å². The van der Waals surface area contributed by atoms with Crippen LogP contribution in [0.4, 0.5) is 8.78 Å². The summed E-state index contributed by atoms with van der Waals surface area (Å²) in [6.07, 6.45) is 0.669. The smallest absolute Gasteiger partial charge is 0.126 e. The van der Waals surface area contributed by atoms with Gasteiger partial charge in [0, 0.05) is 6.07 Å². The summed E-state index contributed by atoms with van der Waals surface area (Å²) in [5, 5.41) is 10.3. The molecule has 0 fully saturated rings. The molecule has 2 aromatic carbocycles. The third kappa shape index (κ3) is 2.38. The van der Waals surface area contributed by atoms with Crippen molar-refractivity contribution in [1.29, 1.82) is 0 Å². The first-order chi connectivity index (χ1) is 9.13. The first-order valence-electron chi connectivity index (χ1n) is 6.34. The minimum absolute atomic E-state index is 0.0152. The van der Waals surface area contributed by atoms with Crippen LogP contribution in [0.15, 0.2) is 42.5 Å². The average molecular weight is 260 g/mol. The van der Waals surface area contributed by atoms with E-state index >= 15 is 0 Å². The zero-order valence-corrected chi connectivity index (χ0v) is 10.3. The van der Waals surface area contributed by atoms with Crippen LogP contribution in [0.3, 0.4) is 0 Å². The van der Waals surface area contributed by atoms with Crippen LogP contribution in [-0.2, 0) is 12.8 Å². The summed E-state index contributed by atoms with van der Waals surface area (Å²) in [5.74, 6) is -1.15. The molecule has 0 amide bonds. The molecule has 1 nitrogen and oxygen atoms in total. The summed E-state index contributed by atoms with van der Waals surface area (Å²) < 4.78 is 26.3. The second-order valence-electron chi connectivity index (χ2n) is 5.09. The number of aliphatic hydroxyl groups is 1. The fourth-order valence-electron chi connectivity index (χ4n) is 2.87. The highest BCUT2D eigenvalue weighted by Crippen LogP contribution is 2.37. The van der Waals surface area contributed by atoms with Crippen LogP contribution in [0.2, 0.25) is 0 Å². The number of rotatable bonds is 2. The normalized spacial score (nSPS) is 21.4. The lowest BCUT2D eigenvalue weighted by Gasteiger charge is -2.15. The van der Waals surface area contributed by atoms with Gasteiger partial charge in [-0.3, -0.25) is 0 Å². The van der Waals surface area contributed by atoms with E-state index in [1.807, 2.05) is 24.3 Å². The Morgan fingerprint density at radius 1 is 1.05 bits per heavy atom. The van der Waals surface area contributed by atoms with E-state index in [4.69, 9.17) is 0 Å². The Hall–Kier alpha value is -1.74. The molecule has 2 atom stereocenters. The van der Waals surface area contributed by atoms with Gasteiger partial charge < -0.3 is 5.11 Å². The predicted octanol–water partition coefficient (Wildman–Crippen LogP) is 3.41. The molecule has 1 aliphatic carbocycles. The van der Waals surface area contributed by atoms with E-state index in [0.29, 0.717) is 12.0 Å². The molecule has 1 N–H and O–H groups in total. The van der Waals surface area contributed by atoms with Crippen molar-refractivity contribution in [2.75, 3.05) is 0 Å². The number of hydrogen-bond acceptors (Lipinski definition) is 1. The van der Waals surface area contributed by atoms with Crippen LogP contribution in [0.1, 0.15) is 22.8 Å². The minimum atomic E-state index is -0.569. The molecule has 2 aromatic rings. The van der Waals surface area contributed by atoms with Gasteiger partial charge in [-0.1, -0.05) is 24.3 Å². The summed E-state index contributed by atoms with van der Waals surface area (Å²) >= 11 is 0. The predicted molar refractivity (Wildman–Crippen MR) is 68.7 cm³/mol. The number of aliphatic hydroxyl groups excluding tert-OH is 1. The summed E-state index contributed by atoms with van der Waals surface area (Å²) in [6.45, 7) is 0. The van der Waals surface area contributed by atoms with Gasteiger partial charge in [-0.15, -0.1) is 0 Å². The Labute approximate surface area is 110 Å². The molecule has 0 radical (unpaired) electrons. The lowest BCUT2D eigenvalue weighted by Crippen LogP contribution is -2.10. The maximum Gasteiger partial charge on any atom is 0.126 e. The SMILES string of the molecule is OC1c2ccccc2CC1Cc1cc(F)cc(F)c1. The topological polar surface area (TPSA) is 20.2 Å². The van der Waals surface area contributed by atoms with E-state index in [1.54, 1.807) is 0 Å². The molecule has 0 bridgehead atoms. The van der Waals surface area contributed by atoms with Crippen molar-refractivity contribution < 1.29 is 13.9 Å². The fraction of sp³-hybridized carbons (Fsp3) is 0.250. The summed E-state index contributed by atoms with van der Waals surface area (Å²) in [7, 11) is 0. The maximum atomic E-state index is 13.2. The van der Waals surface area contributed by atoms with E-state index in [-0.39, 0.29) is 5.92 Å². The van der Waals surface area contributed by atoms with Crippen LogP contribution in [-0.4, -0.2) is 5.11 Å². The van der Waals surface area contributed by atoms with E-state index in [0.717, 1.165) is 23.6 Å². The molecule has 0 aromatic heterocycles. The second-order valence-corrected chi connectivity index (χ2v) is 5.09. The van der Waals surface area contributed by atoms with Crippen molar-refractivity contribution in [3.05, 3.63) is 70.8 Å². The van der Waals surface area contributed by atoms with Crippen molar-refractivity contribution in [3.63, 3.8) is 0 Å². The molecule has 1 aliphatic rings. The van der Waals surface area contributed by atoms with Crippen LogP contribution in [0, 0.1) is 17.6 Å². The molecule has 19 heavy (non-hydrogen) atoms. The molecule has 98 valence electrons. The lowest BCUT2D eigenvalue weighted by molar-refractivity contribution is 0.123. The molecular formula is C16H14F2O. The highest BCUT2D eigenvalue weighted by Gasteiger charge is 2.30. The monoisotopic (exact) mass is 260 g/mol. The van der Waals surface area contributed by atoms with Crippen LogP contribution in [0.5, 0.6) is 0 Å². The molecule has 3 heteroatoms. The molecule has 3 rings (SSSR count).